The van der Waals surface area contributed by atoms with E-state index >= 15 is 0 Å². The summed E-state index contributed by atoms with van der Waals surface area (Å²) in [4.78, 5) is 0. The Bertz CT molecular complexity index is 189. The maximum absolute atomic E-state index is 5.83. The highest BCUT2D eigenvalue weighted by Gasteiger charge is 2.53. The molecular formula is C10H19NO2. The average Bonchev–Trinajstić information content (AvgIpc) is 2.61. The molecule has 13 heavy (non-hydrogen) atoms. The van der Waals surface area contributed by atoms with Gasteiger partial charge in [0.2, 0.25) is 0 Å². The topological polar surface area (TPSA) is 44.5 Å². The SMILES string of the molecule is CC1(CN)CCCCC12OCCO2. The molecule has 0 radical (unpaired) electrons. The Balaban J connectivity index is 2.21. The molecule has 2 rings (SSSR count). The first kappa shape index (κ1) is 9.44. The minimum Gasteiger partial charge on any atom is -0.347 e. The van der Waals surface area contributed by atoms with Crippen LogP contribution in [-0.2, 0) is 9.47 Å². The molecule has 1 unspecified atom stereocenters. The second-order valence-corrected chi connectivity index (χ2v) is 4.42. The van der Waals surface area contributed by atoms with Crippen molar-refractivity contribution in [2.75, 3.05) is 19.8 Å². The van der Waals surface area contributed by atoms with Crippen LogP contribution in [0, 0.1) is 5.41 Å². The monoisotopic (exact) mass is 185 g/mol. The van der Waals surface area contributed by atoms with E-state index in [9.17, 15) is 0 Å². The van der Waals surface area contributed by atoms with Crippen molar-refractivity contribution in [3.63, 3.8) is 0 Å². The van der Waals surface area contributed by atoms with Gasteiger partial charge in [0, 0.05) is 18.4 Å². The first-order valence-electron chi connectivity index (χ1n) is 5.20. The van der Waals surface area contributed by atoms with Crippen molar-refractivity contribution < 1.29 is 9.47 Å². The normalized spacial score (nSPS) is 38.3. The number of hydrogen-bond acceptors (Lipinski definition) is 3. The highest BCUT2D eigenvalue weighted by molar-refractivity contribution is 4.96. The molecule has 2 N–H and O–H groups in total. The van der Waals surface area contributed by atoms with Gasteiger partial charge in [0.15, 0.2) is 5.79 Å². The fourth-order valence-electron chi connectivity index (χ4n) is 2.57. The van der Waals surface area contributed by atoms with E-state index in [1.807, 2.05) is 0 Å². The Morgan fingerprint density at radius 1 is 1.15 bits per heavy atom. The molecule has 1 atom stereocenters. The molecule has 2 fully saturated rings. The Kier molecular flexibility index (Phi) is 2.34. The van der Waals surface area contributed by atoms with Gasteiger partial charge in [0.25, 0.3) is 0 Å². The van der Waals surface area contributed by atoms with Crippen LogP contribution in [0.2, 0.25) is 0 Å². The third-order valence-corrected chi connectivity index (χ3v) is 3.61. The van der Waals surface area contributed by atoms with Gasteiger partial charge >= 0.3 is 0 Å². The van der Waals surface area contributed by atoms with Crippen LogP contribution in [0.3, 0.4) is 0 Å². The van der Waals surface area contributed by atoms with Gasteiger partial charge in [0.1, 0.15) is 0 Å². The molecule has 0 bridgehead atoms. The second-order valence-electron chi connectivity index (χ2n) is 4.42. The fourth-order valence-corrected chi connectivity index (χ4v) is 2.57. The third-order valence-electron chi connectivity index (χ3n) is 3.61. The first-order chi connectivity index (χ1) is 6.22. The molecule has 0 amide bonds. The number of rotatable bonds is 1. The number of ether oxygens (including phenoxy) is 2. The van der Waals surface area contributed by atoms with E-state index in [4.69, 9.17) is 15.2 Å². The average molecular weight is 185 g/mol. The number of nitrogens with two attached hydrogens (primary N) is 1. The summed E-state index contributed by atoms with van der Waals surface area (Å²) in [6.45, 7) is 4.32. The molecule has 0 aromatic heterocycles. The van der Waals surface area contributed by atoms with Crippen molar-refractivity contribution >= 4 is 0 Å². The van der Waals surface area contributed by atoms with E-state index < -0.39 is 0 Å². The van der Waals surface area contributed by atoms with E-state index in [-0.39, 0.29) is 11.2 Å². The van der Waals surface area contributed by atoms with E-state index in [1.165, 1.54) is 12.8 Å². The number of hydrogen-bond donors (Lipinski definition) is 1. The second kappa shape index (κ2) is 3.23. The lowest BCUT2D eigenvalue weighted by molar-refractivity contribution is -0.247. The van der Waals surface area contributed by atoms with Crippen LogP contribution >= 0.6 is 0 Å². The molecule has 0 aromatic rings. The van der Waals surface area contributed by atoms with Crippen molar-refractivity contribution in [3.05, 3.63) is 0 Å². The van der Waals surface area contributed by atoms with Crippen LogP contribution in [-0.4, -0.2) is 25.5 Å². The Morgan fingerprint density at radius 3 is 2.38 bits per heavy atom. The van der Waals surface area contributed by atoms with Crippen LogP contribution in [0.1, 0.15) is 32.6 Å². The van der Waals surface area contributed by atoms with E-state index in [2.05, 4.69) is 6.92 Å². The van der Waals surface area contributed by atoms with E-state index in [1.54, 1.807) is 0 Å². The van der Waals surface area contributed by atoms with Gasteiger partial charge < -0.3 is 15.2 Å². The molecule has 1 aliphatic heterocycles. The zero-order valence-corrected chi connectivity index (χ0v) is 8.34. The molecule has 1 saturated carbocycles. The van der Waals surface area contributed by atoms with Gasteiger partial charge in [0.05, 0.1) is 13.2 Å². The van der Waals surface area contributed by atoms with Gasteiger partial charge in [-0.1, -0.05) is 13.3 Å². The van der Waals surface area contributed by atoms with Crippen molar-refractivity contribution in [1.82, 2.24) is 0 Å². The van der Waals surface area contributed by atoms with Crippen LogP contribution in [0.25, 0.3) is 0 Å². The molecule has 3 heteroatoms. The van der Waals surface area contributed by atoms with Crippen molar-refractivity contribution in [2.45, 2.75) is 38.4 Å². The summed E-state index contributed by atoms with van der Waals surface area (Å²) in [6, 6.07) is 0. The predicted molar refractivity (Wildman–Crippen MR) is 50.3 cm³/mol. The Morgan fingerprint density at radius 2 is 1.77 bits per heavy atom. The molecule has 1 spiro atoms. The summed E-state index contributed by atoms with van der Waals surface area (Å²) in [5, 5.41) is 0. The standard InChI is InChI=1S/C10H19NO2/c1-9(8-11)4-2-3-5-10(9)12-6-7-13-10/h2-8,11H2,1H3. The lowest BCUT2D eigenvalue weighted by atomic mass is 9.70. The van der Waals surface area contributed by atoms with Crippen LogP contribution in [0.15, 0.2) is 0 Å². The largest absolute Gasteiger partial charge is 0.347 e. The zero-order chi connectivity index (χ0) is 9.36. The van der Waals surface area contributed by atoms with Crippen LogP contribution in [0.5, 0.6) is 0 Å². The summed E-state index contributed by atoms with van der Waals surface area (Å²) < 4.78 is 11.6. The minimum atomic E-state index is -0.347. The highest BCUT2D eigenvalue weighted by atomic mass is 16.7. The summed E-state index contributed by atoms with van der Waals surface area (Å²) in [5.74, 6) is -0.347. The molecule has 0 aromatic carbocycles. The summed E-state index contributed by atoms with van der Waals surface area (Å²) >= 11 is 0. The van der Waals surface area contributed by atoms with Crippen LogP contribution < -0.4 is 5.73 Å². The Hall–Kier alpha value is -0.120. The van der Waals surface area contributed by atoms with E-state index in [0.29, 0.717) is 6.54 Å². The van der Waals surface area contributed by atoms with Gasteiger partial charge in [-0.3, -0.25) is 0 Å². The summed E-state index contributed by atoms with van der Waals surface area (Å²) in [5.41, 5.74) is 5.86. The first-order valence-corrected chi connectivity index (χ1v) is 5.20. The van der Waals surface area contributed by atoms with Gasteiger partial charge in [-0.2, -0.15) is 0 Å². The lowest BCUT2D eigenvalue weighted by Crippen LogP contribution is -2.53. The fraction of sp³-hybridized carbons (Fsp3) is 1.00. The molecular weight excluding hydrogens is 166 g/mol. The van der Waals surface area contributed by atoms with Crippen molar-refractivity contribution in [3.8, 4) is 0 Å². The molecule has 1 saturated heterocycles. The maximum atomic E-state index is 5.83. The van der Waals surface area contributed by atoms with Gasteiger partial charge in [-0.05, 0) is 12.8 Å². The smallest absolute Gasteiger partial charge is 0.174 e. The Labute approximate surface area is 79.6 Å². The van der Waals surface area contributed by atoms with Crippen LogP contribution in [0.4, 0.5) is 0 Å². The highest BCUT2D eigenvalue weighted by Crippen LogP contribution is 2.48. The quantitative estimate of drug-likeness (QED) is 0.669. The van der Waals surface area contributed by atoms with Crippen molar-refractivity contribution in [2.24, 2.45) is 11.1 Å². The zero-order valence-electron chi connectivity index (χ0n) is 8.34. The molecule has 1 heterocycles. The summed E-state index contributed by atoms with van der Waals surface area (Å²) in [7, 11) is 0. The molecule has 76 valence electrons. The van der Waals surface area contributed by atoms with Gasteiger partial charge in [-0.25, -0.2) is 0 Å². The molecule has 2 aliphatic rings. The maximum Gasteiger partial charge on any atom is 0.174 e. The van der Waals surface area contributed by atoms with Gasteiger partial charge in [-0.15, -0.1) is 0 Å². The lowest BCUT2D eigenvalue weighted by Gasteiger charge is -2.47. The molecule has 1 aliphatic carbocycles. The van der Waals surface area contributed by atoms with Crippen molar-refractivity contribution in [1.29, 1.82) is 0 Å². The minimum absolute atomic E-state index is 0.0295. The molecule has 3 nitrogen and oxygen atoms in total. The van der Waals surface area contributed by atoms with E-state index in [0.717, 1.165) is 26.1 Å². The third kappa shape index (κ3) is 1.30. The predicted octanol–water partition coefficient (Wildman–Crippen LogP) is 1.27. The summed E-state index contributed by atoms with van der Waals surface area (Å²) in [6.07, 6.45) is 4.60.